The van der Waals surface area contributed by atoms with Gasteiger partial charge in [0.05, 0.1) is 17.8 Å². The molecule has 0 spiro atoms. The van der Waals surface area contributed by atoms with Gasteiger partial charge in [0, 0.05) is 0 Å². The van der Waals surface area contributed by atoms with Crippen LogP contribution in [-0.4, -0.2) is 25.8 Å². The lowest BCUT2D eigenvalue weighted by atomic mass is 10.2. The maximum atomic E-state index is 13.1. The van der Waals surface area contributed by atoms with Crippen molar-refractivity contribution in [3.05, 3.63) is 58.3 Å². The average Bonchev–Trinajstić information content (AvgIpc) is 2.56. The van der Waals surface area contributed by atoms with Crippen LogP contribution in [0.25, 0.3) is 0 Å². The van der Waals surface area contributed by atoms with Gasteiger partial charge in [-0.2, -0.15) is 5.10 Å². The summed E-state index contributed by atoms with van der Waals surface area (Å²) >= 11 is 3.08. The summed E-state index contributed by atoms with van der Waals surface area (Å²) in [7, 11) is 1.52. The second kappa shape index (κ2) is 8.28. The minimum absolute atomic E-state index is 0.204. The molecule has 1 N–H and O–H groups in total. The van der Waals surface area contributed by atoms with Crippen molar-refractivity contribution in [3.63, 3.8) is 0 Å². The van der Waals surface area contributed by atoms with Crippen molar-refractivity contribution in [2.45, 2.75) is 0 Å². The molecule has 0 heterocycles. The Labute approximate surface area is 141 Å². The molecule has 0 saturated heterocycles. The zero-order valence-corrected chi connectivity index (χ0v) is 13.8. The van der Waals surface area contributed by atoms with Crippen LogP contribution in [0, 0.1) is 5.82 Å². The smallest absolute Gasteiger partial charge is 0.277 e. The summed E-state index contributed by atoms with van der Waals surface area (Å²) in [6.45, 7) is -0.204. The van der Waals surface area contributed by atoms with Gasteiger partial charge in [-0.3, -0.25) is 4.79 Å². The Morgan fingerprint density at radius 1 is 1.30 bits per heavy atom. The summed E-state index contributed by atoms with van der Waals surface area (Å²) in [6.07, 6.45) is 1.41. The third kappa shape index (κ3) is 5.07. The normalized spacial score (nSPS) is 10.6. The Balaban J connectivity index is 1.85. The summed E-state index contributed by atoms with van der Waals surface area (Å²) in [5, 5.41) is 3.79. The predicted molar refractivity (Wildman–Crippen MR) is 88.3 cm³/mol. The molecule has 0 fully saturated rings. The van der Waals surface area contributed by atoms with Crippen molar-refractivity contribution in [3.8, 4) is 11.5 Å². The Morgan fingerprint density at radius 3 is 2.74 bits per heavy atom. The number of hydrogen-bond donors (Lipinski definition) is 1. The first-order chi connectivity index (χ1) is 11.1. The van der Waals surface area contributed by atoms with Crippen molar-refractivity contribution >= 4 is 28.1 Å². The number of nitrogens with one attached hydrogen (secondary N) is 1. The fourth-order valence-electron chi connectivity index (χ4n) is 1.69. The SMILES string of the molecule is COc1ccccc1OCC(=O)N/N=C\c1ccc(F)c(Br)c1. The van der Waals surface area contributed by atoms with Crippen LogP contribution < -0.4 is 14.9 Å². The molecule has 5 nitrogen and oxygen atoms in total. The molecule has 0 bridgehead atoms. The standard InChI is InChI=1S/C16H14BrFN2O3/c1-22-14-4-2-3-5-15(14)23-10-16(21)20-19-9-11-6-7-13(18)12(17)8-11/h2-9H,10H2,1H3,(H,20,21)/b19-9-. The number of ether oxygens (including phenoxy) is 2. The van der Waals surface area contributed by atoms with Gasteiger partial charge in [0.15, 0.2) is 18.1 Å². The van der Waals surface area contributed by atoms with E-state index in [0.717, 1.165) is 0 Å². The van der Waals surface area contributed by atoms with Crippen molar-refractivity contribution in [2.24, 2.45) is 5.10 Å². The maximum Gasteiger partial charge on any atom is 0.277 e. The quantitative estimate of drug-likeness (QED) is 0.618. The van der Waals surface area contributed by atoms with Crippen LogP contribution in [0.4, 0.5) is 4.39 Å². The second-order valence-corrected chi connectivity index (χ2v) is 5.26. The summed E-state index contributed by atoms with van der Waals surface area (Å²) < 4.78 is 23.9. The zero-order chi connectivity index (χ0) is 16.7. The van der Waals surface area contributed by atoms with Gasteiger partial charge < -0.3 is 9.47 Å². The molecule has 0 aromatic heterocycles. The molecule has 0 unspecified atom stereocenters. The summed E-state index contributed by atoms with van der Waals surface area (Å²) in [5.41, 5.74) is 2.97. The molecule has 0 saturated carbocycles. The lowest BCUT2D eigenvalue weighted by Crippen LogP contribution is -2.24. The minimum atomic E-state index is -0.423. The first-order valence-electron chi connectivity index (χ1n) is 6.63. The van der Waals surface area contributed by atoms with E-state index in [1.807, 2.05) is 0 Å². The van der Waals surface area contributed by atoms with E-state index in [1.165, 1.54) is 19.4 Å². The molecule has 0 atom stereocenters. The van der Waals surface area contributed by atoms with Gasteiger partial charge in [-0.05, 0) is 45.8 Å². The van der Waals surface area contributed by atoms with Crippen LogP contribution in [0.15, 0.2) is 52.0 Å². The Bertz CT molecular complexity index is 722. The number of carbonyl (C=O) groups excluding carboxylic acids is 1. The average molecular weight is 381 g/mol. The van der Waals surface area contributed by atoms with Gasteiger partial charge in [0.2, 0.25) is 0 Å². The van der Waals surface area contributed by atoms with Gasteiger partial charge in [0.1, 0.15) is 5.82 Å². The molecule has 1 amide bonds. The Hall–Kier alpha value is -2.41. The number of halogens is 2. The van der Waals surface area contributed by atoms with Gasteiger partial charge in [0.25, 0.3) is 5.91 Å². The summed E-state index contributed by atoms with van der Waals surface area (Å²) in [4.78, 5) is 11.7. The second-order valence-electron chi connectivity index (χ2n) is 4.41. The number of rotatable bonds is 6. The summed E-state index contributed by atoms with van der Waals surface area (Å²) in [6, 6.07) is 11.4. The number of hydrogen-bond acceptors (Lipinski definition) is 4. The van der Waals surface area contributed by atoms with Crippen LogP contribution in [0.5, 0.6) is 11.5 Å². The highest BCUT2D eigenvalue weighted by Gasteiger charge is 2.06. The van der Waals surface area contributed by atoms with Crippen LogP contribution >= 0.6 is 15.9 Å². The van der Waals surface area contributed by atoms with Crippen molar-refractivity contribution < 1.29 is 18.7 Å². The van der Waals surface area contributed by atoms with E-state index in [-0.39, 0.29) is 12.4 Å². The molecule has 7 heteroatoms. The van der Waals surface area contributed by atoms with E-state index in [2.05, 4.69) is 26.5 Å². The van der Waals surface area contributed by atoms with Gasteiger partial charge in [-0.15, -0.1) is 0 Å². The molecule has 2 rings (SSSR count). The van der Waals surface area contributed by atoms with Crippen LogP contribution in [0.3, 0.4) is 0 Å². The van der Waals surface area contributed by atoms with Crippen LogP contribution in [0.2, 0.25) is 0 Å². The summed E-state index contributed by atoms with van der Waals surface area (Å²) in [5.74, 6) is 0.223. The molecular formula is C16H14BrFN2O3. The van der Waals surface area contributed by atoms with Crippen molar-refractivity contribution in [1.29, 1.82) is 0 Å². The molecule has 0 radical (unpaired) electrons. The topological polar surface area (TPSA) is 59.9 Å². The Kier molecular flexibility index (Phi) is 6.10. The molecular weight excluding hydrogens is 367 g/mol. The monoisotopic (exact) mass is 380 g/mol. The largest absolute Gasteiger partial charge is 0.493 e. The highest BCUT2D eigenvalue weighted by molar-refractivity contribution is 9.10. The van der Waals surface area contributed by atoms with Gasteiger partial charge >= 0.3 is 0 Å². The van der Waals surface area contributed by atoms with E-state index in [9.17, 15) is 9.18 Å². The van der Waals surface area contributed by atoms with Crippen molar-refractivity contribution in [1.82, 2.24) is 5.43 Å². The number of carbonyl (C=O) groups is 1. The van der Waals surface area contributed by atoms with Gasteiger partial charge in [-0.25, -0.2) is 9.82 Å². The van der Waals surface area contributed by atoms with Gasteiger partial charge in [-0.1, -0.05) is 18.2 Å². The van der Waals surface area contributed by atoms with E-state index >= 15 is 0 Å². The highest BCUT2D eigenvalue weighted by atomic mass is 79.9. The number of hydrazone groups is 1. The first-order valence-corrected chi connectivity index (χ1v) is 7.42. The molecule has 2 aromatic rings. The maximum absolute atomic E-state index is 13.1. The van der Waals surface area contributed by atoms with E-state index in [4.69, 9.17) is 9.47 Å². The Morgan fingerprint density at radius 2 is 2.04 bits per heavy atom. The minimum Gasteiger partial charge on any atom is -0.493 e. The molecule has 23 heavy (non-hydrogen) atoms. The molecule has 120 valence electrons. The fourth-order valence-corrected chi connectivity index (χ4v) is 2.08. The lowest BCUT2D eigenvalue weighted by Gasteiger charge is -2.09. The van der Waals surface area contributed by atoms with Crippen LogP contribution in [-0.2, 0) is 4.79 Å². The number of amides is 1. The number of nitrogens with zero attached hydrogens (tertiary/aromatic N) is 1. The van der Waals surface area contributed by atoms with E-state index < -0.39 is 5.91 Å². The molecule has 0 aliphatic heterocycles. The molecule has 0 aliphatic rings. The fraction of sp³-hybridized carbons (Fsp3) is 0.125. The lowest BCUT2D eigenvalue weighted by molar-refractivity contribution is -0.123. The number of benzene rings is 2. The number of methoxy groups -OCH3 is 1. The first kappa shape index (κ1) is 17.0. The third-order valence-corrected chi connectivity index (χ3v) is 3.38. The predicted octanol–water partition coefficient (Wildman–Crippen LogP) is 3.13. The zero-order valence-electron chi connectivity index (χ0n) is 12.3. The highest BCUT2D eigenvalue weighted by Crippen LogP contribution is 2.25. The molecule has 0 aliphatic carbocycles. The molecule has 2 aromatic carbocycles. The third-order valence-electron chi connectivity index (χ3n) is 2.77. The van der Waals surface area contributed by atoms with Crippen LogP contribution in [0.1, 0.15) is 5.56 Å². The number of para-hydroxylation sites is 2. The van der Waals surface area contributed by atoms with Crippen molar-refractivity contribution in [2.75, 3.05) is 13.7 Å². The van der Waals surface area contributed by atoms with E-state index in [1.54, 1.807) is 36.4 Å². The van der Waals surface area contributed by atoms with E-state index in [0.29, 0.717) is 21.5 Å².